The van der Waals surface area contributed by atoms with Gasteiger partial charge in [-0.25, -0.2) is 0 Å². The standard InChI is InChI=1S/C23H24N2O2/c1-15-20-6-4-5-7-22(20)24-16(2)21(15)13-23(26)25-11-10-17-8-9-19(27-3)12-18(17)14-25/h4-9,12H,10-11,13-14H2,1-3H3. The van der Waals surface area contributed by atoms with Crippen LogP contribution in [0.3, 0.4) is 0 Å². The van der Waals surface area contributed by atoms with Crippen LogP contribution in [0.15, 0.2) is 42.5 Å². The van der Waals surface area contributed by atoms with E-state index < -0.39 is 0 Å². The molecule has 4 nitrogen and oxygen atoms in total. The zero-order valence-corrected chi connectivity index (χ0v) is 16.1. The van der Waals surface area contributed by atoms with Gasteiger partial charge in [0.25, 0.3) is 0 Å². The van der Waals surface area contributed by atoms with Gasteiger partial charge in [-0.3, -0.25) is 9.78 Å². The second-order valence-electron chi connectivity index (χ2n) is 7.19. The summed E-state index contributed by atoms with van der Waals surface area (Å²) in [6.07, 6.45) is 1.29. The summed E-state index contributed by atoms with van der Waals surface area (Å²) in [5.41, 5.74) is 6.63. The van der Waals surface area contributed by atoms with Crippen molar-refractivity contribution in [3.05, 3.63) is 70.4 Å². The molecule has 4 rings (SSSR count). The molecule has 1 aromatic heterocycles. The number of carbonyl (C=O) groups excluding carboxylic acids is 1. The van der Waals surface area contributed by atoms with E-state index in [1.165, 1.54) is 11.1 Å². The number of benzene rings is 2. The molecule has 0 spiro atoms. The predicted octanol–water partition coefficient (Wildman–Crippen LogP) is 3.99. The molecule has 3 aromatic rings. The average molecular weight is 360 g/mol. The molecule has 138 valence electrons. The summed E-state index contributed by atoms with van der Waals surface area (Å²) in [5, 5.41) is 1.12. The number of hydrogen-bond donors (Lipinski definition) is 0. The highest BCUT2D eigenvalue weighted by atomic mass is 16.5. The number of nitrogens with zero attached hydrogens (tertiary/aromatic N) is 2. The minimum absolute atomic E-state index is 0.159. The fourth-order valence-electron chi connectivity index (χ4n) is 3.97. The highest BCUT2D eigenvalue weighted by Gasteiger charge is 2.23. The van der Waals surface area contributed by atoms with Crippen molar-refractivity contribution in [2.75, 3.05) is 13.7 Å². The van der Waals surface area contributed by atoms with Gasteiger partial charge >= 0.3 is 0 Å². The van der Waals surface area contributed by atoms with Crippen molar-refractivity contribution in [3.8, 4) is 5.75 Å². The Bertz CT molecular complexity index is 1030. The van der Waals surface area contributed by atoms with Gasteiger partial charge in [0.05, 0.1) is 19.0 Å². The number of methoxy groups -OCH3 is 1. The number of fused-ring (bicyclic) bond motifs is 2. The van der Waals surface area contributed by atoms with Gasteiger partial charge in [-0.15, -0.1) is 0 Å². The fourth-order valence-corrected chi connectivity index (χ4v) is 3.97. The number of amides is 1. The maximum absolute atomic E-state index is 13.0. The molecule has 2 heterocycles. The predicted molar refractivity (Wildman–Crippen MR) is 107 cm³/mol. The minimum atomic E-state index is 0.159. The highest BCUT2D eigenvalue weighted by molar-refractivity contribution is 5.86. The molecule has 0 saturated heterocycles. The van der Waals surface area contributed by atoms with Crippen LogP contribution >= 0.6 is 0 Å². The van der Waals surface area contributed by atoms with Crippen LogP contribution in [0.5, 0.6) is 5.75 Å². The van der Waals surface area contributed by atoms with Gasteiger partial charge in [-0.1, -0.05) is 24.3 Å². The minimum Gasteiger partial charge on any atom is -0.497 e. The number of hydrogen-bond acceptors (Lipinski definition) is 3. The summed E-state index contributed by atoms with van der Waals surface area (Å²) in [6.45, 7) is 5.50. The third-order valence-corrected chi connectivity index (χ3v) is 5.59. The Balaban J connectivity index is 1.59. The number of carbonyl (C=O) groups is 1. The lowest BCUT2D eigenvalue weighted by molar-refractivity contribution is -0.131. The first kappa shape index (κ1) is 17.5. The van der Waals surface area contributed by atoms with E-state index in [9.17, 15) is 4.79 Å². The monoisotopic (exact) mass is 360 g/mol. The van der Waals surface area contributed by atoms with Crippen molar-refractivity contribution < 1.29 is 9.53 Å². The van der Waals surface area contributed by atoms with Gasteiger partial charge in [0.1, 0.15) is 5.75 Å². The van der Waals surface area contributed by atoms with E-state index in [-0.39, 0.29) is 5.91 Å². The van der Waals surface area contributed by atoms with Crippen molar-refractivity contribution in [2.45, 2.75) is 33.2 Å². The smallest absolute Gasteiger partial charge is 0.227 e. The third-order valence-electron chi connectivity index (χ3n) is 5.59. The fraction of sp³-hybridized carbons (Fsp3) is 0.304. The molecule has 27 heavy (non-hydrogen) atoms. The average Bonchev–Trinajstić information content (AvgIpc) is 2.70. The summed E-state index contributed by atoms with van der Waals surface area (Å²) in [7, 11) is 1.67. The zero-order valence-electron chi connectivity index (χ0n) is 16.1. The van der Waals surface area contributed by atoms with Gasteiger partial charge in [-0.2, -0.15) is 0 Å². The summed E-state index contributed by atoms with van der Waals surface area (Å²) >= 11 is 0. The molecule has 2 aromatic carbocycles. The molecule has 1 aliphatic rings. The molecule has 1 aliphatic heterocycles. The topological polar surface area (TPSA) is 42.4 Å². The van der Waals surface area contributed by atoms with E-state index in [2.05, 4.69) is 19.1 Å². The van der Waals surface area contributed by atoms with Crippen molar-refractivity contribution in [3.63, 3.8) is 0 Å². The van der Waals surface area contributed by atoms with Crippen molar-refractivity contribution in [1.82, 2.24) is 9.88 Å². The van der Waals surface area contributed by atoms with E-state index >= 15 is 0 Å². The molecule has 0 atom stereocenters. The summed E-state index contributed by atoms with van der Waals surface area (Å²) in [4.78, 5) is 19.7. The van der Waals surface area contributed by atoms with Crippen molar-refractivity contribution >= 4 is 16.8 Å². The van der Waals surface area contributed by atoms with Gasteiger partial charge in [0, 0.05) is 24.2 Å². The molecule has 0 aliphatic carbocycles. The molecular weight excluding hydrogens is 336 g/mol. The zero-order chi connectivity index (χ0) is 19.0. The van der Waals surface area contributed by atoms with Gasteiger partial charge in [-0.05, 0) is 60.7 Å². The van der Waals surface area contributed by atoms with Crippen molar-refractivity contribution in [2.24, 2.45) is 0 Å². The lowest BCUT2D eigenvalue weighted by atomic mass is 9.97. The largest absolute Gasteiger partial charge is 0.497 e. The second kappa shape index (κ2) is 7.03. The van der Waals surface area contributed by atoms with E-state index in [1.807, 2.05) is 42.2 Å². The molecule has 0 N–H and O–H groups in total. The first-order valence-electron chi connectivity index (χ1n) is 9.35. The van der Waals surface area contributed by atoms with Gasteiger partial charge < -0.3 is 9.64 Å². The number of pyridine rings is 1. The molecule has 4 heteroatoms. The quantitative estimate of drug-likeness (QED) is 0.709. The Morgan fingerprint density at radius 1 is 1.15 bits per heavy atom. The number of para-hydroxylation sites is 1. The maximum atomic E-state index is 13.0. The molecule has 0 bridgehead atoms. The van der Waals surface area contributed by atoms with E-state index in [1.54, 1.807) is 7.11 Å². The summed E-state index contributed by atoms with van der Waals surface area (Å²) < 4.78 is 5.33. The molecule has 0 radical (unpaired) electrons. The first-order valence-corrected chi connectivity index (χ1v) is 9.35. The van der Waals surface area contributed by atoms with E-state index in [0.717, 1.165) is 46.4 Å². The van der Waals surface area contributed by atoms with Crippen LogP contribution in [-0.4, -0.2) is 29.4 Å². The molecular formula is C23H24N2O2. The number of ether oxygens (including phenoxy) is 1. The Kier molecular flexibility index (Phi) is 4.56. The van der Waals surface area contributed by atoms with Crippen LogP contribution < -0.4 is 4.74 Å². The second-order valence-corrected chi connectivity index (χ2v) is 7.19. The van der Waals surface area contributed by atoms with Gasteiger partial charge in [0.15, 0.2) is 0 Å². The Labute approximate surface area is 159 Å². The highest BCUT2D eigenvalue weighted by Crippen LogP contribution is 2.26. The first-order chi connectivity index (χ1) is 13.1. The Hall–Kier alpha value is -2.88. The van der Waals surface area contributed by atoms with Crippen LogP contribution in [0, 0.1) is 13.8 Å². The molecule has 1 amide bonds. The van der Waals surface area contributed by atoms with Crippen LogP contribution in [0.25, 0.3) is 10.9 Å². The Morgan fingerprint density at radius 2 is 1.96 bits per heavy atom. The van der Waals surface area contributed by atoms with E-state index in [4.69, 9.17) is 9.72 Å². The number of aromatic nitrogens is 1. The summed E-state index contributed by atoms with van der Waals surface area (Å²) in [5.74, 6) is 1.00. The third kappa shape index (κ3) is 3.27. The Morgan fingerprint density at radius 3 is 2.78 bits per heavy atom. The van der Waals surface area contributed by atoms with Gasteiger partial charge in [0.2, 0.25) is 5.91 Å². The van der Waals surface area contributed by atoms with Crippen LogP contribution in [-0.2, 0) is 24.2 Å². The number of rotatable bonds is 3. The molecule has 0 saturated carbocycles. The van der Waals surface area contributed by atoms with Crippen molar-refractivity contribution in [1.29, 1.82) is 0 Å². The number of aryl methyl sites for hydroxylation is 2. The lowest BCUT2D eigenvalue weighted by Gasteiger charge is -2.29. The van der Waals surface area contributed by atoms with Crippen LogP contribution in [0.4, 0.5) is 0 Å². The SMILES string of the molecule is COc1ccc2c(c1)CN(C(=O)Cc1c(C)nc3ccccc3c1C)CC2. The maximum Gasteiger partial charge on any atom is 0.227 e. The molecule has 0 fully saturated rings. The normalized spacial score (nSPS) is 13.5. The molecule has 0 unspecified atom stereocenters. The van der Waals surface area contributed by atoms with Crippen LogP contribution in [0.2, 0.25) is 0 Å². The van der Waals surface area contributed by atoms with E-state index in [0.29, 0.717) is 13.0 Å². The summed E-state index contributed by atoms with van der Waals surface area (Å²) in [6, 6.07) is 14.3. The van der Waals surface area contributed by atoms with Crippen LogP contribution in [0.1, 0.15) is 27.9 Å². The lowest BCUT2D eigenvalue weighted by Crippen LogP contribution is -2.37.